The van der Waals surface area contributed by atoms with Gasteiger partial charge in [0.2, 0.25) is 10.0 Å². The Balaban J connectivity index is 3.31. The monoisotopic (exact) mass is 224 g/mol. The molecular weight excluding hydrogens is 204 g/mol. The van der Waals surface area contributed by atoms with Crippen LogP contribution in [-0.4, -0.2) is 59.5 Å². The van der Waals surface area contributed by atoms with Crippen LogP contribution in [0.4, 0.5) is 0 Å². The normalized spacial score (nSPS) is 12.3. The molecule has 0 aromatic heterocycles. The van der Waals surface area contributed by atoms with Gasteiger partial charge < -0.3 is 9.64 Å². The van der Waals surface area contributed by atoms with Crippen LogP contribution < -0.4 is 4.72 Å². The van der Waals surface area contributed by atoms with Gasteiger partial charge in [-0.1, -0.05) is 0 Å². The Kier molecular flexibility index (Phi) is 7.08. The number of likely N-dealkylation sites (N-methyl/N-ethyl adjacent to an activating group) is 1. The summed E-state index contributed by atoms with van der Waals surface area (Å²) in [5.74, 6) is 0.116. The number of ether oxygens (including phenoxy) is 1. The lowest BCUT2D eigenvalue weighted by molar-refractivity contribution is 0.122. The summed E-state index contributed by atoms with van der Waals surface area (Å²) in [5, 5.41) is 0. The molecule has 86 valence electrons. The van der Waals surface area contributed by atoms with E-state index < -0.39 is 10.0 Å². The first-order valence-corrected chi connectivity index (χ1v) is 6.33. The van der Waals surface area contributed by atoms with Crippen LogP contribution >= 0.6 is 0 Å². The van der Waals surface area contributed by atoms with Gasteiger partial charge in [0, 0.05) is 13.1 Å². The highest BCUT2D eigenvalue weighted by molar-refractivity contribution is 7.89. The van der Waals surface area contributed by atoms with E-state index in [1.807, 2.05) is 19.0 Å². The Morgan fingerprint density at radius 1 is 1.29 bits per heavy atom. The Bertz CT molecular complexity index is 227. The molecule has 0 rings (SSSR count). The number of nitrogens with zero attached hydrogens (tertiary/aromatic N) is 1. The topological polar surface area (TPSA) is 58.6 Å². The van der Waals surface area contributed by atoms with Gasteiger partial charge >= 0.3 is 0 Å². The van der Waals surface area contributed by atoms with E-state index >= 15 is 0 Å². The van der Waals surface area contributed by atoms with Crippen molar-refractivity contribution in [3.63, 3.8) is 0 Å². The van der Waals surface area contributed by atoms with Crippen molar-refractivity contribution in [2.75, 3.05) is 46.2 Å². The third kappa shape index (κ3) is 8.43. The van der Waals surface area contributed by atoms with Crippen molar-refractivity contribution >= 4 is 10.0 Å². The van der Waals surface area contributed by atoms with Crippen LogP contribution in [0.2, 0.25) is 0 Å². The maximum absolute atomic E-state index is 11.0. The molecule has 0 aliphatic rings. The molecule has 0 spiro atoms. The zero-order valence-electron chi connectivity index (χ0n) is 9.12. The lowest BCUT2D eigenvalue weighted by Gasteiger charge is -2.10. The van der Waals surface area contributed by atoms with Crippen molar-refractivity contribution in [1.82, 2.24) is 9.62 Å². The molecule has 0 aliphatic heterocycles. The van der Waals surface area contributed by atoms with Crippen LogP contribution in [-0.2, 0) is 14.8 Å². The standard InChI is InChI=1S/C8H20N2O3S/c1-4-14(11,12)9-5-7-13-8-6-10(2)3/h9H,4-8H2,1-3H3. The minimum Gasteiger partial charge on any atom is -0.379 e. The molecule has 0 heterocycles. The fraction of sp³-hybridized carbons (Fsp3) is 1.00. The minimum atomic E-state index is -3.06. The summed E-state index contributed by atoms with van der Waals surface area (Å²) >= 11 is 0. The lowest BCUT2D eigenvalue weighted by atomic mass is 10.6. The molecule has 5 nitrogen and oxygen atoms in total. The summed E-state index contributed by atoms with van der Waals surface area (Å²) in [6, 6.07) is 0. The third-order valence-corrected chi connectivity index (χ3v) is 3.04. The third-order valence-electron chi connectivity index (χ3n) is 1.63. The fourth-order valence-electron chi connectivity index (χ4n) is 0.721. The highest BCUT2D eigenvalue weighted by Gasteiger charge is 2.03. The van der Waals surface area contributed by atoms with Crippen molar-refractivity contribution in [3.05, 3.63) is 0 Å². The zero-order chi connectivity index (χ0) is 11.0. The van der Waals surface area contributed by atoms with E-state index in [2.05, 4.69) is 4.72 Å². The number of hydrogen-bond donors (Lipinski definition) is 1. The Hall–Kier alpha value is -0.170. The number of hydrogen-bond acceptors (Lipinski definition) is 4. The van der Waals surface area contributed by atoms with Crippen LogP contribution in [0.1, 0.15) is 6.92 Å². The summed E-state index contributed by atoms with van der Waals surface area (Å²) < 4.78 is 29.6. The van der Waals surface area contributed by atoms with E-state index in [1.165, 1.54) is 0 Å². The SMILES string of the molecule is CCS(=O)(=O)NCCOCCN(C)C. The molecule has 0 aromatic rings. The van der Waals surface area contributed by atoms with Gasteiger partial charge in [-0.3, -0.25) is 0 Å². The predicted octanol–water partition coefficient (Wildman–Crippen LogP) is -0.496. The quantitative estimate of drug-likeness (QED) is 0.565. The van der Waals surface area contributed by atoms with Gasteiger partial charge in [-0.25, -0.2) is 13.1 Å². The highest BCUT2D eigenvalue weighted by atomic mass is 32.2. The molecule has 0 amide bonds. The van der Waals surface area contributed by atoms with Crippen molar-refractivity contribution in [3.8, 4) is 0 Å². The van der Waals surface area contributed by atoms with Gasteiger partial charge in [0.1, 0.15) is 0 Å². The largest absolute Gasteiger partial charge is 0.379 e. The van der Waals surface area contributed by atoms with Gasteiger partial charge in [0.15, 0.2) is 0 Å². The van der Waals surface area contributed by atoms with Gasteiger partial charge in [-0.2, -0.15) is 0 Å². The lowest BCUT2D eigenvalue weighted by Crippen LogP contribution is -2.29. The number of rotatable bonds is 8. The summed E-state index contributed by atoms with van der Waals surface area (Å²) in [5.41, 5.74) is 0. The van der Waals surface area contributed by atoms with Gasteiger partial charge in [0.05, 0.1) is 19.0 Å². The first-order valence-electron chi connectivity index (χ1n) is 4.67. The maximum Gasteiger partial charge on any atom is 0.211 e. The van der Waals surface area contributed by atoms with Crippen LogP contribution in [0.25, 0.3) is 0 Å². The fourth-order valence-corrected chi connectivity index (χ4v) is 1.32. The minimum absolute atomic E-state index is 0.116. The average molecular weight is 224 g/mol. The van der Waals surface area contributed by atoms with Crippen molar-refractivity contribution in [1.29, 1.82) is 0 Å². The van der Waals surface area contributed by atoms with Crippen LogP contribution in [0.3, 0.4) is 0 Å². The summed E-state index contributed by atoms with van der Waals surface area (Å²) in [4.78, 5) is 2.01. The summed E-state index contributed by atoms with van der Waals surface area (Å²) in [7, 11) is 0.859. The maximum atomic E-state index is 11.0. The molecule has 0 fully saturated rings. The molecule has 0 atom stereocenters. The van der Waals surface area contributed by atoms with Crippen LogP contribution in [0, 0.1) is 0 Å². The molecule has 1 N–H and O–H groups in total. The molecule has 0 saturated heterocycles. The molecule has 0 bridgehead atoms. The van der Waals surface area contributed by atoms with E-state index in [-0.39, 0.29) is 5.75 Å². The molecule has 0 unspecified atom stereocenters. The molecule has 0 radical (unpaired) electrons. The van der Waals surface area contributed by atoms with E-state index in [0.717, 1.165) is 6.54 Å². The molecule has 0 aromatic carbocycles. The van der Waals surface area contributed by atoms with E-state index in [4.69, 9.17) is 4.74 Å². The highest BCUT2D eigenvalue weighted by Crippen LogP contribution is 1.82. The van der Waals surface area contributed by atoms with Crippen LogP contribution in [0.5, 0.6) is 0 Å². The van der Waals surface area contributed by atoms with E-state index in [0.29, 0.717) is 19.8 Å². The smallest absolute Gasteiger partial charge is 0.211 e. The molecule has 6 heteroatoms. The second-order valence-electron chi connectivity index (χ2n) is 3.21. The second-order valence-corrected chi connectivity index (χ2v) is 5.31. The molecule has 0 saturated carbocycles. The number of sulfonamides is 1. The van der Waals surface area contributed by atoms with Gasteiger partial charge in [-0.05, 0) is 21.0 Å². The Morgan fingerprint density at radius 2 is 1.93 bits per heavy atom. The van der Waals surface area contributed by atoms with E-state index in [1.54, 1.807) is 6.92 Å². The van der Waals surface area contributed by atoms with Crippen molar-refractivity contribution in [2.24, 2.45) is 0 Å². The first-order chi connectivity index (χ1) is 6.48. The molecular formula is C8H20N2O3S. The van der Waals surface area contributed by atoms with Crippen molar-refractivity contribution in [2.45, 2.75) is 6.92 Å². The van der Waals surface area contributed by atoms with Crippen molar-refractivity contribution < 1.29 is 13.2 Å². The second kappa shape index (κ2) is 7.17. The van der Waals surface area contributed by atoms with Gasteiger partial charge in [0.25, 0.3) is 0 Å². The zero-order valence-corrected chi connectivity index (χ0v) is 9.93. The molecule has 14 heavy (non-hydrogen) atoms. The predicted molar refractivity (Wildman–Crippen MR) is 56.8 cm³/mol. The summed E-state index contributed by atoms with van der Waals surface area (Å²) in [6.45, 7) is 3.85. The summed E-state index contributed by atoms with van der Waals surface area (Å²) in [6.07, 6.45) is 0. The van der Waals surface area contributed by atoms with Gasteiger partial charge in [-0.15, -0.1) is 0 Å². The Labute approximate surface area is 86.5 Å². The molecule has 0 aliphatic carbocycles. The number of nitrogens with one attached hydrogen (secondary N) is 1. The average Bonchev–Trinajstić information content (AvgIpc) is 2.10. The Morgan fingerprint density at radius 3 is 2.43 bits per heavy atom. The first kappa shape index (κ1) is 13.8. The van der Waals surface area contributed by atoms with Crippen LogP contribution in [0.15, 0.2) is 0 Å². The van der Waals surface area contributed by atoms with E-state index in [9.17, 15) is 8.42 Å².